The summed E-state index contributed by atoms with van der Waals surface area (Å²) in [6.07, 6.45) is 4.92. The van der Waals surface area contributed by atoms with Crippen LogP contribution < -0.4 is 10.1 Å². The second-order valence-electron chi connectivity index (χ2n) is 4.69. The summed E-state index contributed by atoms with van der Waals surface area (Å²) < 4.78 is 7.44. The van der Waals surface area contributed by atoms with Crippen LogP contribution in [0.15, 0.2) is 36.7 Å². The van der Waals surface area contributed by atoms with E-state index in [1.54, 1.807) is 0 Å². The molecule has 19 heavy (non-hydrogen) atoms. The van der Waals surface area contributed by atoms with E-state index >= 15 is 0 Å². The van der Waals surface area contributed by atoms with Gasteiger partial charge in [-0.05, 0) is 25.5 Å². The summed E-state index contributed by atoms with van der Waals surface area (Å²) in [7, 11) is 1.93. The van der Waals surface area contributed by atoms with Crippen molar-refractivity contribution in [3.8, 4) is 5.75 Å². The van der Waals surface area contributed by atoms with Gasteiger partial charge >= 0.3 is 0 Å². The van der Waals surface area contributed by atoms with E-state index in [-0.39, 0.29) is 6.04 Å². The smallest absolute Gasteiger partial charge is 0.121 e. The molecule has 0 bridgehead atoms. The Morgan fingerprint density at radius 3 is 2.95 bits per heavy atom. The lowest BCUT2D eigenvalue weighted by molar-refractivity contribution is 0.317. The molecule has 0 fully saturated rings. The van der Waals surface area contributed by atoms with E-state index in [0.29, 0.717) is 0 Å². The Morgan fingerprint density at radius 1 is 1.42 bits per heavy atom. The predicted octanol–water partition coefficient (Wildman–Crippen LogP) is 3.38. The molecule has 1 aromatic carbocycles. The van der Waals surface area contributed by atoms with Gasteiger partial charge in [0.25, 0.3) is 0 Å². The van der Waals surface area contributed by atoms with Crippen LogP contribution in [0, 0.1) is 0 Å². The fraction of sp³-hybridized carbons (Fsp3) is 0.400. The molecule has 0 saturated carbocycles. The maximum absolute atomic E-state index is 5.63. The second-order valence-corrected chi connectivity index (χ2v) is 4.69. The van der Waals surface area contributed by atoms with Gasteiger partial charge in [-0.3, -0.25) is 4.68 Å². The third-order valence-corrected chi connectivity index (χ3v) is 2.91. The van der Waals surface area contributed by atoms with Gasteiger partial charge in [0.2, 0.25) is 0 Å². The number of nitrogens with zero attached hydrogens (tertiary/aromatic N) is 2. The molecule has 0 aliphatic carbocycles. The van der Waals surface area contributed by atoms with Gasteiger partial charge in [0, 0.05) is 30.6 Å². The molecule has 1 unspecified atom stereocenters. The first-order valence-electron chi connectivity index (χ1n) is 6.67. The molecule has 4 heteroatoms. The molecule has 0 saturated heterocycles. The Kier molecular flexibility index (Phi) is 4.44. The van der Waals surface area contributed by atoms with Crippen LogP contribution in [0.2, 0.25) is 0 Å². The largest absolute Gasteiger partial charge is 0.494 e. The van der Waals surface area contributed by atoms with Gasteiger partial charge in [0.1, 0.15) is 5.75 Å². The highest BCUT2D eigenvalue weighted by molar-refractivity contribution is 5.49. The van der Waals surface area contributed by atoms with Crippen LogP contribution in [0.25, 0.3) is 0 Å². The fourth-order valence-electron chi connectivity index (χ4n) is 1.89. The molecule has 1 aromatic heterocycles. The number of ether oxygens (including phenoxy) is 1. The third-order valence-electron chi connectivity index (χ3n) is 2.91. The van der Waals surface area contributed by atoms with Gasteiger partial charge in [0.15, 0.2) is 0 Å². The highest BCUT2D eigenvalue weighted by Gasteiger charge is 2.07. The fourth-order valence-corrected chi connectivity index (χ4v) is 1.89. The Balaban J connectivity index is 2.02. The van der Waals surface area contributed by atoms with E-state index in [0.717, 1.165) is 24.5 Å². The van der Waals surface area contributed by atoms with Crippen molar-refractivity contribution in [2.24, 2.45) is 7.05 Å². The lowest BCUT2D eigenvalue weighted by Gasteiger charge is -2.14. The molecule has 0 spiro atoms. The molecular formula is C15H21N3O. The molecule has 4 nitrogen and oxygen atoms in total. The first kappa shape index (κ1) is 13.5. The zero-order valence-corrected chi connectivity index (χ0v) is 11.8. The van der Waals surface area contributed by atoms with Crippen LogP contribution in [0.4, 0.5) is 5.69 Å². The van der Waals surface area contributed by atoms with Gasteiger partial charge < -0.3 is 10.1 Å². The first-order valence-corrected chi connectivity index (χ1v) is 6.67. The number of anilines is 1. The van der Waals surface area contributed by atoms with Crippen LogP contribution in [0.5, 0.6) is 5.75 Å². The summed E-state index contributed by atoms with van der Waals surface area (Å²) >= 11 is 0. The standard InChI is InChI=1S/C15H21N3O/c1-4-8-19-15-7-5-6-14(9-15)17-12(2)13-10-16-18(3)11-13/h5-7,9-12,17H,4,8H2,1-3H3. The Morgan fingerprint density at radius 2 is 2.26 bits per heavy atom. The minimum absolute atomic E-state index is 0.218. The van der Waals surface area contributed by atoms with Gasteiger partial charge in [0.05, 0.1) is 18.8 Å². The zero-order valence-electron chi connectivity index (χ0n) is 11.8. The molecule has 1 atom stereocenters. The van der Waals surface area contributed by atoms with E-state index in [4.69, 9.17) is 4.74 Å². The Labute approximate surface area is 114 Å². The zero-order chi connectivity index (χ0) is 13.7. The summed E-state index contributed by atoms with van der Waals surface area (Å²) in [4.78, 5) is 0. The minimum atomic E-state index is 0.218. The van der Waals surface area contributed by atoms with E-state index in [2.05, 4.69) is 24.3 Å². The number of rotatable bonds is 6. The van der Waals surface area contributed by atoms with Crippen LogP contribution >= 0.6 is 0 Å². The monoisotopic (exact) mass is 259 g/mol. The quantitative estimate of drug-likeness (QED) is 0.864. The summed E-state index contributed by atoms with van der Waals surface area (Å²) in [6.45, 7) is 4.98. The molecule has 0 aliphatic heterocycles. The van der Waals surface area contributed by atoms with Crippen molar-refractivity contribution in [3.05, 3.63) is 42.2 Å². The van der Waals surface area contributed by atoms with Gasteiger partial charge in [-0.2, -0.15) is 5.10 Å². The van der Waals surface area contributed by atoms with E-state index in [1.165, 1.54) is 5.56 Å². The van der Waals surface area contributed by atoms with Crippen LogP contribution in [-0.4, -0.2) is 16.4 Å². The number of hydrogen-bond acceptors (Lipinski definition) is 3. The Bertz CT molecular complexity index is 522. The third kappa shape index (κ3) is 3.74. The van der Waals surface area contributed by atoms with Crippen molar-refractivity contribution in [1.82, 2.24) is 9.78 Å². The summed E-state index contributed by atoms with van der Waals surface area (Å²) in [5, 5.41) is 7.64. The van der Waals surface area contributed by atoms with E-state index in [9.17, 15) is 0 Å². The van der Waals surface area contributed by atoms with Crippen LogP contribution in [0.3, 0.4) is 0 Å². The average molecular weight is 259 g/mol. The van der Waals surface area contributed by atoms with Gasteiger partial charge in [-0.1, -0.05) is 13.0 Å². The maximum Gasteiger partial charge on any atom is 0.121 e. The second kappa shape index (κ2) is 6.27. The van der Waals surface area contributed by atoms with Crippen molar-refractivity contribution in [1.29, 1.82) is 0 Å². The molecule has 0 amide bonds. The summed E-state index contributed by atoms with van der Waals surface area (Å²) in [5.74, 6) is 0.908. The molecule has 2 aromatic rings. The molecule has 102 valence electrons. The normalized spacial score (nSPS) is 12.2. The summed E-state index contributed by atoms with van der Waals surface area (Å²) in [6, 6.07) is 8.28. The summed E-state index contributed by atoms with van der Waals surface area (Å²) in [5.41, 5.74) is 2.23. The van der Waals surface area contributed by atoms with Crippen molar-refractivity contribution in [3.63, 3.8) is 0 Å². The lowest BCUT2D eigenvalue weighted by atomic mass is 10.2. The molecule has 2 rings (SSSR count). The SMILES string of the molecule is CCCOc1cccc(NC(C)c2cnn(C)c2)c1. The van der Waals surface area contributed by atoms with Gasteiger partial charge in [-0.15, -0.1) is 0 Å². The van der Waals surface area contributed by atoms with Crippen molar-refractivity contribution < 1.29 is 4.74 Å². The number of benzene rings is 1. The highest BCUT2D eigenvalue weighted by Crippen LogP contribution is 2.22. The average Bonchev–Trinajstić information content (AvgIpc) is 2.83. The maximum atomic E-state index is 5.63. The van der Waals surface area contributed by atoms with Crippen molar-refractivity contribution in [2.45, 2.75) is 26.3 Å². The minimum Gasteiger partial charge on any atom is -0.494 e. The molecule has 1 N–H and O–H groups in total. The van der Waals surface area contributed by atoms with Crippen molar-refractivity contribution >= 4 is 5.69 Å². The Hall–Kier alpha value is -1.97. The predicted molar refractivity (Wildman–Crippen MR) is 77.5 cm³/mol. The number of aryl methyl sites for hydroxylation is 1. The van der Waals surface area contributed by atoms with Crippen LogP contribution in [-0.2, 0) is 7.05 Å². The number of hydrogen-bond donors (Lipinski definition) is 1. The first-order chi connectivity index (χ1) is 9.19. The highest BCUT2D eigenvalue weighted by atomic mass is 16.5. The molecule has 0 radical (unpaired) electrons. The van der Waals surface area contributed by atoms with Crippen LogP contribution in [0.1, 0.15) is 31.9 Å². The topological polar surface area (TPSA) is 39.1 Å². The van der Waals surface area contributed by atoms with Gasteiger partial charge in [-0.25, -0.2) is 0 Å². The molecule has 0 aliphatic rings. The lowest BCUT2D eigenvalue weighted by Crippen LogP contribution is -2.06. The van der Waals surface area contributed by atoms with E-state index in [1.807, 2.05) is 48.4 Å². The number of aromatic nitrogens is 2. The number of nitrogens with one attached hydrogen (secondary N) is 1. The van der Waals surface area contributed by atoms with E-state index < -0.39 is 0 Å². The molecule has 1 heterocycles. The van der Waals surface area contributed by atoms with Crippen molar-refractivity contribution in [2.75, 3.05) is 11.9 Å². The molecular weight excluding hydrogens is 238 g/mol.